The summed E-state index contributed by atoms with van der Waals surface area (Å²) in [6.07, 6.45) is 1.56. The molecule has 0 radical (unpaired) electrons. The zero-order valence-corrected chi connectivity index (χ0v) is 11.0. The maximum absolute atomic E-state index is 11.9. The highest BCUT2D eigenvalue weighted by Crippen LogP contribution is 2.14. The molecule has 1 aliphatic heterocycles. The number of carbonyl (C=O) groups is 2. The van der Waals surface area contributed by atoms with Gasteiger partial charge in [-0.25, -0.2) is 4.79 Å². The van der Waals surface area contributed by atoms with Crippen LogP contribution in [0.1, 0.15) is 18.4 Å². The van der Waals surface area contributed by atoms with E-state index in [2.05, 4.69) is 16.0 Å². The molecule has 1 aromatic carbocycles. The van der Waals surface area contributed by atoms with Gasteiger partial charge in [-0.15, -0.1) is 0 Å². The Bertz CT molecular complexity index is 468. The molecule has 2 rings (SSSR count). The van der Waals surface area contributed by atoms with Crippen molar-refractivity contribution < 1.29 is 9.59 Å². The van der Waals surface area contributed by atoms with Crippen LogP contribution in [0, 0.1) is 12.8 Å². The fraction of sp³-hybridized carbons (Fsp3) is 0.429. The van der Waals surface area contributed by atoms with Crippen molar-refractivity contribution in [1.29, 1.82) is 0 Å². The van der Waals surface area contributed by atoms with Gasteiger partial charge < -0.3 is 10.6 Å². The minimum absolute atomic E-state index is 0.0659. The number of para-hydroxylation sites is 1. The van der Waals surface area contributed by atoms with Gasteiger partial charge in [0.05, 0.1) is 0 Å². The first kappa shape index (κ1) is 13.5. The summed E-state index contributed by atoms with van der Waals surface area (Å²) in [6, 6.07) is 7.00. The predicted octanol–water partition coefficient (Wildman–Crippen LogP) is 1.64. The van der Waals surface area contributed by atoms with Crippen LogP contribution in [0.5, 0.6) is 0 Å². The number of hydrogen-bond acceptors (Lipinski definition) is 3. The second-order valence-corrected chi connectivity index (χ2v) is 4.78. The molecular weight excluding hydrogens is 242 g/mol. The van der Waals surface area contributed by atoms with E-state index < -0.39 is 6.03 Å². The molecule has 1 heterocycles. The maximum atomic E-state index is 11.9. The summed E-state index contributed by atoms with van der Waals surface area (Å²) in [4.78, 5) is 23.6. The Morgan fingerprint density at radius 2 is 1.89 bits per heavy atom. The first-order chi connectivity index (χ1) is 9.16. The lowest BCUT2D eigenvalue weighted by Crippen LogP contribution is -2.42. The zero-order chi connectivity index (χ0) is 13.7. The number of amides is 3. The quantitative estimate of drug-likeness (QED) is 0.758. The van der Waals surface area contributed by atoms with Gasteiger partial charge >= 0.3 is 6.03 Å². The number of piperidine rings is 1. The van der Waals surface area contributed by atoms with E-state index in [4.69, 9.17) is 0 Å². The number of anilines is 1. The van der Waals surface area contributed by atoms with Crippen LogP contribution in [0.2, 0.25) is 0 Å². The number of carbonyl (C=O) groups excluding carboxylic acids is 2. The maximum Gasteiger partial charge on any atom is 0.325 e. The van der Waals surface area contributed by atoms with Crippen LogP contribution in [-0.4, -0.2) is 25.0 Å². The molecule has 19 heavy (non-hydrogen) atoms. The van der Waals surface area contributed by atoms with E-state index in [1.807, 2.05) is 31.2 Å². The standard InChI is InChI=1S/C14H19N3O2/c1-10-4-2-3-5-12(10)16-14(19)17-13(18)11-6-8-15-9-7-11/h2-5,11,15H,6-9H2,1H3,(H2,16,17,18,19). The highest BCUT2D eigenvalue weighted by molar-refractivity contribution is 6.02. The SMILES string of the molecule is Cc1ccccc1NC(=O)NC(=O)C1CCNCC1. The van der Waals surface area contributed by atoms with E-state index in [1.54, 1.807) is 0 Å². The third kappa shape index (κ3) is 3.79. The smallest absolute Gasteiger partial charge is 0.317 e. The summed E-state index contributed by atoms with van der Waals surface area (Å²) in [5.41, 5.74) is 1.69. The number of urea groups is 1. The van der Waals surface area contributed by atoms with Crippen LogP contribution in [0.3, 0.4) is 0 Å². The first-order valence-corrected chi connectivity index (χ1v) is 6.55. The van der Waals surface area contributed by atoms with Gasteiger partial charge in [0, 0.05) is 11.6 Å². The summed E-state index contributed by atoms with van der Waals surface area (Å²) < 4.78 is 0. The number of nitrogens with one attached hydrogen (secondary N) is 3. The van der Waals surface area contributed by atoms with Gasteiger partial charge in [-0.2, -0.15) is 0 Å². The summed E-state index contributed by atoms with van der Waals surface area (Å²) >= 11 is 0. The Labute approximate surface area is 112 Å². The van der Waals surface area contributed by atoms with Gasteiger partial charge in [0.2, 0.25) is 5.91 Å². The molecular formula is C14H19N3O2. The predicted molar refractivity (Wildman–Crippen MR) is 73.9 cm³/mol. The minimum atomic E-state index is -0.460. The minimum Gasteiger partial charge on any atom is -0.317 e. The van der Waals surface area contributed by atoms with Crippen LogP contribution in [-0.2, 0) is 4.79 Å². The van der Waals surface area contributed by atoms with Crippen molar-refractivity contribution in [1.82, 2.24) is 10.6 Å². The molecule has 0 aliphatic carbocycles. The lowest BCUT2D eigenvalue weighted by atomic mass is 9.97. The normalized spacial score (nSPS) is 15.8. The molecule has 1 fully saturated rings. The van der Waals surface area contributed by atoms with E-state index in [-0.39, 0.29) is 11.8 Å². The summed E-state index contributed by atoms with van der Waals surface area (Å²) in [7, 11) is 0. The fourth-order valence-corrected chi connectivity index (χ4v) is 2.16. The molecule has 3 N–H and O–H groups in total. The highest BCUT2D eigenvalue weighted by atomic mass is 16.2. The van der Waals surface area contributed by atoms with Crippen LogP contribution >= 0.6 is 0 Å². The molecule has 3 amide bonds. The van der Waals surface area contributed by atoms with E-state index in [9.17, 15) is 9.59 Å². The van der Waals surface area contributed by atoms with Gasteiger partial charge in [0.15, 0.2) is 0 Å². The van der Waals surface area contributed by atoms with Crippen molar-refractivity contribution in [3.05, 3.63) is 29.8 Å². The molecule has 0 spiro atoms. The molecule has 1 saturated heterocycles. The van der Waals surface area contributed by atoms with Crippen molar-refractivity contribution in [2.45, 2.75) is 19.8 Å². The molecule has 0 aromatic heterocycles. The lowest BCUT2D eigenvalue weighted by Gasteiger charge is -2.21. The average molecular weight is 261 g/mol. The molecule has 0 saturated carbocycles. The molecule has 1 aromatic rings. The Balaban J connectivity index is 1.87. The van der Waals surface area contributed by atoms with Crippen LogP contribution in [0.15, 0.2) is 24.3 Å². The van der Waals surface area contributed by atoms with Gasteiger partial charge in [-0.1, -0.05) is 18.2 Å². The molecule has 0 bridgehead atoms. The van der Waals surface area contributed by atoms with E-state index in [0.29, 0.717) is 0 Å². The molecule has 1 aliphatic rings. The number of hydrogen-bond donors (Lipinski definition) is 3. The number of benzene rings is 1. The largest absolute Gasteiger partial charge is 0.325 e. The summed E-state index contributed by atoms with van der Waals surface area (Å²) in [5.74, 6) is -0.253. The van der Waals surface area contributed by atoms with Gasteiger partial charge in [0.1, 0.15) is 0 Å². The summed E-state index contributed by atoms with van der Waals surface area (Å²) in [6.45, 7) is 3.57. The first-order valence-electron chi connectivity index (χ1n) is 6.55. The average Bonchev–Trinajstić information content (AvgIpc) is 2.42. The third-order valence-corrected chi connectivity index (χ3v) is 3.34. The van der Waals surface area contributed by atoms with Crippen molar-refractivity contribution >= 4 is 17.6 Å². The van der Waals surface area contributed by atoms with Crippen molar-refractivity contribution in [2.24, 2.45) is 5.92 Å². The number of rotatable bonds is 2. The monoisotopic (exact) mass is 261 g/mol. The lowest BCUT2D eigenvalue weighted by molar-refractivity contribution is -0.124. The summed E-state index contributed by atoms with van der Waals surface area (Å²) in [5, 5.41) is 8.29. The topological polar surface area (TPSA) is 70.2 Å². The van der Waals surface area contributed by atoms with Gasteiger partial charge in [-0.05, 0) is 44.5 Å². The molecule has 0 unspecified atom stereocenters. The van der Waals surface area contributed by atoms with Crippen LogP contribution in [0.4, 0.5) is 10.5 Å². The van der Waals surface area contributed by atoms with Crippen molar-refractivity contribution in [2.75, 3.05) is 18.4 Å². The second-order valence-electron chi connectivity index (χ2n) is 4.78. The van der Waals surface area contributed by atoms with Crippen molar-refractivity contribution in [3.8, 4) is 0 Å². The molecule has 5 nitrogen and oxygen atoms in total. The van der Waals surface area contributed by atoms with Crippen LogP contribution < -0.4 is 16.0 Å². The Morgan fingerprint density at radius 3 is 2.58 bits per heavy atom. The second kappa shape index (κ2) is 6.33. The molecule has 0 atom stereocenters. The fourth-order valence-electron chi connectivity index (χ4n) is 2.16. The highest BCUT2D eigenvalue weighted by Gasteiger charge is 2.22. The van der Waals surface area contributed by atoms with Gasteiger partial charge in [0.25, 0.3) is 0 Å². The molecule has 102 valence electrons. The number of aryl methyl sites for hydroxylation is 1. The Hall–Kier alpha value is -1.88. The van der Waals surface area contributed by atoms with Gasteiger partial charge in [-0.3, -0.25) is 10.1 Å². The zero-order valence-electron chi connectivity index (χ0n) is 11.0. The Morgan fingerprint density at radius 1 is 1.21 bits per heavy atom. The third-order valence-electron chi connectivity index (χ3n) is 3.34. The van der Waals surface area contributed by atoms with Crippen LogP contribution in [0.25, 0.3) is 0 Å². The number of imide groups is 1. The van der Waals surface area contributed by atoms with E-state index >= 15 is 0 Å². The van der Waals surface area contributed by atoms with E-state index in [1.165, 1.54) is 0 Å². The van der Waals surface area contributed by atoms with E-state index in [0.717, 1.165) is 37.2 Å². The molecule has 5 heteroatoms. The Kier molecular flexibility index (Phi) is 4.52. The van der Waals surface area contributed by atoms with Crippen molar-refractivity contribution in [3.63, 3.8) is 0 Å².